The number of aliphatic hydroxyl groups is 3. The lowest BCUT2D eigenvalue weighted by molar-refractivity contribution is -0.218. The number of aromatic nitrogens is 1. The molecule has 3 unspecified atom stereocenters. The number of methoxy groups -OCH3 is 3. The fourth-order valence-electron chi connectivity index (χ4n) is 13.4. The second kappa shape index (κ2) is 12.9. The number of H-pyrrole nitrogens is 1. The smallest absolute Gasteiger partial charge is 0.342 e. The summed E-state index contributed by atoms with van der Waals surface area (Å²) in [5.74, 6) is -1.22. The molecule has 0 radical (unpaired) electrons. The molecule has 10 atom stereocenters. The number of likely N-dealkylation sites (N-methyl/N-ethyl adjacent to an activating group) is 1. The number of carbonyl (C=O) groups is 2. The molecule has 306 valence electrons. The number of benzene rings is 2. The Kier molecular flexibility index (Phi) is 8.71. The van der Waals surface area contributed by atoms with Gasteiger partial charge in [-0.2, -0.15) is 0 Å². The van der Waals surface area contributed by atoms with Gasteiger partial charge in [0.25, 0.3) is 0 Å². The number of hydrogen-bond donors (Lipinski definition) is 5. The van der Waals surface area contributed by atoms with Gasteiger partial charge in [-0.1, -0.05) is 44.2 Å². The van der Waals surface area contributed by atoms with Gasteiger partial charge in [0.1, 0.15) is 17.3 Å². The summed E-state index contributed by atoms with van der Waals surface area (Å²) in [6, 6.07) is 8.82. The zero-order valence-electron chi connectivity index (χ0n) is 33.9. The molecule has 2 saturated heterocycles. The Labute approximate surface area is 333 Å². The van der Waals surface area contributed by atoms with E-state index in [-0.39, 0.29) is 17.6 Å². The molecule has 13 heteroatoms. The zero-order valence-corrected chi connectivity index (χ0v) is 33.9. The predicted octanol–water partition coefficient (Wildman–Crippen LogP) is 3.00. The van der Waals surface area contributed by atoms with E-state index in [1.54, 1.807) is 7.11 Å². The Balaban J connectivity index is 1.39. The van der Waals surface area contributed by atoms with E-state index >= 15 is 4.79 Å². The number of carbonyl (C=O) groups excluding carboxylic acids is 2. The summed E-state index contributed by atoms with van der Waals surface area (Å²) in [6.07, 6.45) is 5.50. The molecule has 57 heavy (non-hydrogen) atoms. The molecule has 3 fully saturated rings. The first-order valence-corrected chi connectivity index (χ1v) is 20.5. The van der Waals surface area contributed by atoms with Crippen LogP contribution in [0.3, 0.4) is 0 Å². The van der Waals surface area contributed by atoms with Crippen molar-refractivity contribution in [3.05, 3.63) is 64.9 Å². The van der Waals surface area contributed by atoms with Gasteiger partial charge in [-0.05, 0) is 74.2 Å². The van der Waals surface area contributed by atoms with Gasteiger partial charge in [0.15, 0.2) is 0 Å². The molecule has 3 aromatic rings. The normalized spacial score (nSPS) is 38.0. The third-order valence-corrected chi connectivity index (χ3v) is 15.5. The molecular weight excluding hydrogens is 727 g/mol. The van der Waals surface area contributed by atoms with Crippen LogP contribution in [-0.2, 0) is 36.3 Å². The summed E-state index contributed by atoms with van der Waals surface area (Å²) in [6.45, 7) is 7.22. The fourth-order valence-corrected chi connectivity index (χ4v) is 13.4. The largest absolute Gasteiger partial charge is 0.494 e. The lowest BCUT2D eigenvalue weighted by atomic mass is 9.47. The molecule has 13 nitrogen and oxygen atoms in total. The van der Waals surface area contributed by atoms with Crippen molar-refractivity contribution >= 4 is 34.2 Å². The Morgan fingerprint density at radius 1 is 1.00 bits per heavy atom. The van der Waals surface area contributed by atoms with Gasteiger partial charge in [-0.25, -0.2) is 4.79 Å². The number of nitrogens with two attached hydrogens (primary N) is 1. The summed E-state index contributed by atoms with van der Waals surface area (Å²) < 4.78 is 17.6. The Bertz CT molecular complexity index is 2190. The van der Waals surface area contributed by atoms with E-state index in [9.17, 15) is 20.1 Å². The molecule has 2 bridgehead atoms. The minimum atomic E-state index is -2.36. The molecule has 2 aromatic carbocycles. The summed E-state index contributed by atoms with van der Waals surface area (Å²) in [4.78, 5) is 39.7. The molecule has 6 aliphatic rings. The number of aliphatic hydroxyl groups excluding tert-OH is 1. The third-order valence-electron chi connectivity index (χ3n) is 15.5. The average molecular weight is 784 g/mol. The minimum Gasteiger partial charge on any atom is -0.494 e. The number of ether oxygens (including phenoxy) is 3. The molecule has 0 amide bonds. The van der Waals surface area contributed by atoms with Crippen molar-refractivity contribution in [3.8, 4) is 5.75 Å². The predicted molar refractivity (Wildman–Crippen MR) is 215 cm³/mol. The number of anilines is 2. The highest BCUT2D eigenvalue weighted by Crippen LogP contribution is 2.69. The molecule has 1 aliphatic carbocycles. The van der Waals surface area contributed by atoms with E-state index < -0.39 is 51.5 Å². The molecular formula is C44H57N5O8. The van der Waals surface area contributed by atoms with Crippen molar-refractivity contribution < 1.29 is 39.1 Å². The average Bonchev–Trinajstić information content (AvgIpc) is 3.88. The standard InChI is InChI=1S/C44H57N5O8/c1-7-40(53)21-25-22-43(38(51)56-5,34-27(14-18-48(23-25)24-40)26-12-9-10-13-30(26)46-34)29-20-28-32(31(45)33(29)55-4)47(3)36-42(28)16-19-49-17-11-15-41(8-2,35(42)49)37(50)44(36,54)39(52)57-6/h9-13,15,20,25,35-37,46,50,53-54H,7-8,14,16-19,21-24,45H2,1-6H3/t25-,35+,36-,37-,40+,41-,42?,43?,44+/m1/s1. The lowest BCUT2D eigenvalue weighted by Crippen LogP contribution is -2.80. The van der Waals surface area contributed by atoms with Crippen molar-refractivity contribution in [1.29, 1.82) is 0 Å². The minimum absolute atomic E-state index is 0.125. The molecule has 6 heterocycles. The number of nitrogens with one attached hydrogen (secondary N) is 1. The third kappa shape index (κ3) is 4.69. The maximum absolute atomic E-state index is 15.3. The van der Waals surface area contributed by atoms with E-state index in [0.29, 0.717) is 93.9 Å². The number of esters is 2. The Hall–Kier alpha value is -4.14. The van der Waals surface area contributed by atoms with Gasteiger partial charge in [-0.15, -0.1) is 0 Å². The van der Waals surface area contributed by atoms with Crippen LogP contribution in [0.15, 0.2) is 42.5 Å². The van der Waals surface area contributed by atoms with Crippen LogP contribution in [0.2, 0.25) is 0 Å². The number of hydrogen-bond acceptors (Lipinski definition) is 12. The van der Waals surface area contributed by atoms with Crippen LogP contribution in [0, 0.1) is 11.3 Å². The van der Waals surface area contributed by atoms with E-state index in [1.807, 2.05) is 56.1 Å². The van der Waals surface area contributed by atoms with Crippen molar-refractivity contribution in [2.24, 2.45) is 11.3 Å². The van der Waals surface area contributed by atoms with Crippen molar-refractivity contribution in [3.63, 3.8) is 0 Å². The second-order valence-corrected chi connectivity index (χ2v) is 17.8. The van der Waals surface area contributed by atoms with Gasteiger partial charge in [0.2, 0.25) is 5.60 Å². The molecule has 6 N–H and O–H groups in total. The first-order valence-electron chi connectivity index (χ1n) is 20.5. The highest BCUT2D eigenvalue weighted by Gasteiger charge is 2.79. The molecule has 1 aromatic heterocycles. The molecule has 9 rings (SSSR count). The van der Waals surface area contributed by atoms with E-state index in [4.69, 9.17) is 19.9 Å². The Morgan fingerprint density at radius 3 is 2.46 bits per heavy atom. The second-order valence-electron chi connectivity index (χ2n) is 17.8. The van der Waals surface area contributed by atoms with E-state index in [1.165, 1.54) is 14.2 Å². The maximum Gasteiger partial charge on any atom is 0.342 e. The Morgan fingerprint density at radius 2 is 1.75 bits per heavy atom. The monoisotopic (exact) mass is 783 g/mol. The van der Waals surface area contributed by atoms with Crippen LogP contribution in [0.4, 0.5) is 11.4 Å². The number of nitrogen functional groups attached to an aromatic ring is 1. The van der Waals surface area contributed by atoms with Gasteiger partial charge in [-0.3, -0.25) is 14.6 Å². The summed E-state index contributed by atoms with van der Waals surface area (Å²) >= 11 is 0. The van der Waals surface area contributed by atoms with Gasteiger partial charge in [0.05, 0.1) is 44.3 Å². The topological polar surface area (TPSA) is 174 Å². The fraction of sp³-hybridized carbons (Fsp3) is 0.591. The van der Waals surface area contributed by atoms with Crippen LogP contribution in [-0.4, -0.2) is 133 Å². The molecule has 1 saturated carbocycles. The van der Waals surface area contributed by atoms with E-state index in [2.05, 4.69) is 26.9 Å². The van der Waals surface area contributed by atoms with Crippen LogP contribution < -0.4 is 15.4 Å². The first kappa shape index (κ1) is 38.4. The van der Waals surface area contributed by atoms with Gasteiger partial charge < -0.3 is 45.1 Å². The van der Waals surface area contributed by atoms with Crippen LogP contribution in [0.5, 0.6) is 5.75 Å². The van der Waals surface area contributed by atoms with Gasteiger partial charge >= 0.3 is 11.9 Å². The summed E-state index contributed by atoms with van der Waals surface area (Å²) in [5.41, 5.74) is 5.39. The van der Waals surface area contributed by atoms with Gasteiger partial charge in [0, 0.05) is 72.3 Å². The number of nitrogens with zero attached hydrogens (tertiary/aromatic N) is 3. The van der Waals surface area contributed by atoms with Crippen molar-refractivity contribution in [2.45, 2.75) is 92.6 Å². The summed E-state index contributed by atoms with van der Waals surface area (Å²) in [7, 11) is 6.01. The molecule has 5 aliphatic heterocycles. The van der Waals surface area contributed by atoms with E-state index in [0.717, 1.165) is 22.0 Å². The number of rotatable bonds is 6. The zero-order chi connectivity index (χ0) is 40.4. The SMILES string of the molecule is CC[C@]1(O)C[C@H]2CN(CCc3c([nH]c4ccccc34)C(C(=O)OC)(c3cc4c(c(N)c3OC)N(C)[C@@H]3C45CCN4CC=C[C@](CC)([C@H]45)[C@@H](O)[C@]3(O)C(=O)OC)C2)C1. The first-order chi connectivity index (χ1) is 27.3. The molecule has 1 spiro atoms. The highest BCUT2D eigenvalue weighted by molar-refractivity contribution is 5.97. The van der Waals surface area contributed by atoms with Crippen LogP contribution >= 0.6 is 0 Å². The number of para-hydroxylation sites is 1. The number of aromatic amines is 1. The highest BCUT2D eigenvalue weighted by atomic mass is 16.5. The van der Waals surface area contributed by atoms with Crippen molar-refractivity contribution in [2.75, 3.05) is 71.7 Å². The lowest BCUT2D eigenvalue weighted by Gasteiger charge is -2.63. The number of fused-ring (bicyclic) bond motifs is 6. The quantitative estimate of drug-likeness (QED) is 0.141. The number of piperidine rings is 1. The maximum atomic E-state index is 15.3. The van der Waals surface area contributed by atoms with Crippen molar-refractivity contribution in [1.82, 2.24) is 14.8 Å². The van der Waals surface area contributed by atoms with Crippen LogP contribution in [0.25, 0.3) is 10.9 Å². The van der Waals surface area contributed by atoms with Crippen LogP contribution in [0.1, 0.15) is 68.3 Å². The summed E-state index contributed by atoms with van der Waals surface area (Å²) in [5, 5.41) is 38.4.